The number of esters is 2. The summed E-state index contributed by atoms with van der Waals surface area (Å²) in [5.41, 5.74) is 0.763. The Balaban J connectivity index is 2.13. The number of hydrogen-bond donors (Lipinski definition) is 0. The molecule has 0 saturated carbocycles. The topological polar surface area (TPSA) is 69.7 Å². The molecule has 6 heteroatoms. The van der Waals surface area contributed by atoms with Gasteiger partial charge in [-0.25, -0.2) is 9.59 Å². The van der Waals surface area contributed by atoms with E-state index in [1.807, 2.05) is 30.3 Å². The van der Waals surface area contributed by atoms with Crippen LogP contribution in [0, 0.1) is 0 Å². The van der Waals surface area contributed by atoms with Crippen molar-refractivity contribution in [2.75, 3.05) is 14.2 Å². The smallest absolute Gasteiger partial charge is 0.337 e. The molecule has 0 atom stereocenters. The van der Waals surface area contributed by atoms with Crippen LogP contribution in [0.2, 0.25) is 0 Å². The molecule has 0 N–H and O–H groups in total. The molecule has 0 aromatic heterocycles. The second-order valence-electron chi connectivity index (χ2n) is 6.02. The molecule has 5 nitrogen and oxygen atoms in total. The van der Waals surface area contributed by atoms with Crippen molar-refractivity contribution >= 4 is 35.0 Å². The normalized spacial score (nSPS) is 10.9. The van der Waals surface area contributed by atoms with Crippen molar-refractivity contribution < 1.29 is 23.6 Å². The van der Waals surface area contributed by atoms with Gasteiger partial charge in [0.1, 0.15) is 0 Å². The Hall–Kier alpha value is -3.17. The molecule has 0 radical (unpaired) electrons. The highest BCUT2D eigenvalue weighted by Gasteiger charge is 2.30. The van der Waals surface area contributed by atoms with Gasteiger partial charge >= 0.3 is 11.9 Å². The maximum Gasteiger partial charge on any atom is 0.337 e. The summed E-state index contributed by atoms with van der Waals surface area (Å²) in [5.74, 6) is -0.910. The first-order valence-electron chi connectivity index (χ1n) is 8.54. The number of ether oxygens (including phenoxy) is 2. The van der Waals surface area contributed by atoms with Crippen LogP contribution in [-0.4, -0.2) is 26.2 Å². The lowest BCUT2D eigenvalue weighted by Gasteiger charge is -2.20. The standard InChI is InChI=1S/C22H19O5P/c1-26-21(23)16-8-12-19(13-9-16)28(25,18-6-4-3-5-7-18)20-14-10-17(11-15-20)22(24)27-2/h3-15H,1-2H3. The van der Waals surface area contributed by atoms with Gasteiger partial charge in [0, 0.05) is 15.9 Å². The molecule has 0 aliphatic rings. The first kappa shape index (κ1) is 19.6. The number of carbonyl (C=O) groups excluding carboxylic acids is 2. The molecular formula is C22H19O5P. The monoisotopic (exact) mass is 394 g/mol. The van der Waals surface area contributed by atoms with Gasteiger partial charge in [-0.2, -0.15) is 0 Å². The molecule has 142 valence electrons. The fourth-order valence-electron chi connectivity index (χ4n) is 2.94. The van der Waals surface area contributed by atoms with Crippen LogP contribution < -0.4 is 15.9 Å². The van der Waals surface area contributed by atoms with E-state index in [1.165, 1.54) is 14.2 Å². The second kappa shape index (κ2) is 8.24. The zero-order valence-electron chi connectivity index (χ0n) is 15.5. The highest BCUT2D eigenvalue weighted by atomic mass is 31.2. The Kier molecular flexibility index (Phi) is 5.76. The van der Waals surface area contributed by atoms with Crippen molar-refractivity contribution in [3.63, 3.8) is 0 Å². The summed E-state index contributed by atoms with van der Waals surface area (Å²) >= 11 is 0. The molecule has 28 heavy (non-hydrogen) atoms. The molecule has 0 bridgehead atoms. The molecule has 0 aliphatic heterocycles. The van der Waals surface area contributed by atoms with Gasteiger partial charge < -0.3 is 14.0 Å². The van der Waals surface area contributed by atoms with Crippen LogP contribution in [0.1, 0.15) is 20.7 Å². The van der Waals surface area contributed by atoms with Crippen molar-refractivity contribution in [1.82, 2.24) is 0 Å². The first-order valence-corrected chi connectivity index (χ1v) is 10.2. The van der Waals surface area contributed by atoms with E-state index in [2.05, 4.69) is 0 Å². The average molecular weight is 394 g/mol. The van der Waals surface area contributed by atoms with Crippen molar-refractivity contribution in [2.24, 2.45) is 0 Å². The molecule has 0 spiro atoms. The third-order valence-corrected chi connectivity index (χ3v) is 7.50. The van der Waals surface area contributed by atoms with Crippen LogP contribution in [-0.2, 0) is 14.0 Å². The minimum atomic E-state index is -3.20. The highest BCUT2D eigenvalue weighted by molar-refractivity contribution is 7.85. The van der Waals surface area contributed by atoms with E-state index in [9.17, 15) is 14.2 Å². The third-order valence-electron chi connectivity index (χ3n) is 4.42. The maximum absolute atomic E-state index is 14.3. The molecule has 3 aromatic carbocycles. The summed E-state index contributed by atoms with van der Waals surface area (Å²) in [5, 5.41) is 1.82. The first-order chi connectivity index (χ1) is 13.5. The molecular weight excluding hydrogens is 375 g/mol. The largest absolute Gasteiger partial charge is 0.465 e. The van der Waals surface area contributed by atoms with Gasteiger partial charge in [0.05, 0.1) is 25.3 Å². The van der Waals surface area contributed by atoms with E-state index >= 15 is 0 Å². The van der Waals surface area contributed by atoms with Gasteiger partial charge in [0.15, 0.2) is 7.14 Å². The average Bonchev–Trinajstić information content (AvgIpc) is 2.78. The summed E-state index contributed by atoms with van der Waals surface area (Å²) in [6.07, 6.45) is 0. The van der Waals surface area contributed by atoms with Gasteiger partial charge in [-0.15, -0.1) is 0 Å². The Morgan fingerprint density at radius 1 is 0.607 bits per heavy atom. The molecule has 0 fully saturated rings. The molecule has 0 amide bonds. The van der Waals surface area contributed by atoms with Crippen LogP contribution in [0.3, 0.4) is 0 Å². The van der Waals surface area contributed by atoms with Gasteiger partial charge in [0.2, 0.25) is 0 Å². The van der Waals surface area contributed by atoms with Crippen LogP contribution >= 0.6 is 7.14 Å². The van der Waals surface area contributed by atoms with Crippen molar-refractivity contribution in [3.05, 3.63) is 90.0 Å². The quantitative estimate of drug-likeness (QED) is 0.492. The Morgan fingerprint density at radius 3 is 1.32 bits per heavy atom. The summed E-state index contributed by atoms with van der Waals surface area (Å²) in [7, 11) is -0.571. The van der Waals surface area contributed by atoms with Crippen LogP contribution in [0.5, 0.6) is 0 Å². The zero-order valence-corrected chi connectivity index (χ0v) is 16.4. The Morgan fingerprint density at radius 2 is 0.964 bits per heavy atom. The fourth-order valence-corrected chi connectivity index (χ4v) is 5.56. The number of carbonyl (C=O) groups is 2. The minimum absolute atomic E-state index is 0.381. The summed E-state index contributed by atoms with van der Waals surface area (Å²) in [6, 6.07) is 22.2. The lowest BCUT2D eigenvalue weighted by Crippen LogP contribution is -2.25. The van der Waals surface area contributed by atoms with Crippen LogP contribution in [0.25, 0.3) is 0 Å². The summed E-state index contributed by atoms with van der Waals surface area (Å²) in [6.45, 7) is 0. The lowest BCUT2D eigenvalue weighted by molar-refractivity contribution is 0.0592. The van der Waals surface area contributed by atoms with Crippen molar-refractivity contribution in [3.8, 4) is 0 Å². The second-order valence-corrected chi connectivity index (χ2v) is 8.79. The SMILES string of the molecule is COC(=O)c1ccc(P(=O)(c2ccccc2)c2ccc(C(=O)OC)cc2)cc1. The molecule has 0 aliphatic carbocycles. The van der Waals surface area contributed by atoms with E-state index in [0.29, 0.717) is 27.0 Å². The van der Waals surface area contributed by atoms with Crippen molar-refractivity contribution in [1.29, 1.82) is 0 Å². The van der Waals surface area contributed by atoms with Gasteiger partial charge in [-0.1, -0.05) is 54.6 Å². The van der Waals surface area contributed by atoms with Gasteiger partial charge in [-0.3, -0.25) is 0 Å². The number of methoxy groups -OCH3 is 2. The molecule has 0 saturated heterocycles. The van der Waals surface area contributed by atoms with Crippen LogP contribution in [0.4, 0.5) is 0 Å². The zero-order chi connectivity index (χ0) is 20.1. The predicted molar refractivity (Wildman–Crippen MR) is 109 cm³/mol. The third kappa shape index (κ3) is 3.62. The minimum Gasteiger partial charge on any atom is -0.465 e. The fraction of sp³-hybridized carbons (Fsp3) is 0.0909. The number of rotatable bonds is 5. The maximum atomic E-state index is 14.3. The molecule has 3 aromatic rings. The molecule has 0 heterocycles. The predicted octanol–water partition coefficient (Wildman–Crippen LogP) is 2.90. The van der Waals surface area contributed by atoms with Crippen LogP contribution in [0.15, 0.2) is 78.9 Å². The Labute approximate surface area is 163 Å². The highest BCUT2D eigenvalue weighted by Crippen LogP contribution is 2.42. The summed E-state index contributed by atoms with van der Waals surface area (Å²) < 4.78 is 23.7. The van der Waals surface area contributed by atoms with E-state index < -0.39 is 19.1 Å². The summed E-state index contributed by atoms with van der Waals surface area (Å²) in [4.78, 5) is 23.4. The van der Waals surface area contributed by atoms with E-state index in [0.717, 1.165) is 0 Å². The Bertz CT molecular complexity index is 961. The van der Waals surface area contributed by atoms with E-state index in [4.69, 9.17) is 9.47 Å². The van der Waals surface area contributed by atoms with E-state index in [1.54, 1.807) is 48.5 Å². The molecule has 0 unspecified atom stereocenters. The lowest BCUT2D eigenvalue weighted by atomic mass is 10.2. The number of hydrogen-bond acceptors (Lipinski definition) is 5. The number of benzene rings is 3. The van der Waals surface area contributed by atoms with Gasteiger partial charge in [0.25, 0.3) is 0 Å². The van der Waals surface area contributed by atoms with E-state index in [-0.39, 0.29) is 0 Å². The van der Waals surface area contributed by atoms with Crippen molar-refractivity contribution in [2.45, 2.75) is 0 Å². The molecule has 3 rings (SSSR count). The van der Waals surface area contributed by atoms with Gasteiger partial charge in [-0.05, 0) is 24.3 Å².